The van der Waals surface area contributed by atoms with Crippen LogP contribution in [0.1, 0.15) is 87.0 Å². The van der Waals surface area contributed by atoms with Gasteiger partial charge in [0.05, 0.1) is 5.69 Å². The molecule has 0 aliphatic heterocycles. The highest BCUT2D eigenvalue weighted by atomic mass is 35.5. The number of aromatic amines is 1. The number of hydrogen-bond donors (Lipinski definition) is 2. The van der Waals surface area contributed by atoms with E-state index in [2.05, 4.69) is 54.5 Å². The summed E-state index contributed by atoms with van der Waals surface area (Å²) in [6.45, 7) is 8.40. The second kappa shape index (κ2) is 12.0. The molecule has 5 rings (SSSR count). The van der Waals surface area contributed by atoms with E-state index in [1.54, 1.807) is 4.63 Å². The highest BCUT2D eigenvalue weighted by molar-refractivity contribution is 6.34. The van der Waals surface area contributed by atoms with E-state index in [1.807, 2.05) is 31.2 Å². The number of aromatic nitrogens is 4. The van der Waals surface area contributed by atoms with Crippen molar-refractivity contribution in [3.8, 4) is 5.75 Å². The number of nitrogens with zero attached hydrogens (tertiary/aromatic N) is 3. The Morgan fingerprint density at radius 3 is 2.55 bits per heavy atom. The van der Waals surface area contributed by atoms with Gasteiger partial charge in [-0.25, -0.2) is 4.98 Å². The maximum absolute atomic E-state index is 13.1. The average molecular weight is 562 g/mol. The molecule has 0 bridgehead atoms. The van der Waals surface area contributed by atoms with Crippen LogP contribution in [0, 0.1) is 13.8 Å². The molecule has 1 amide bonds. The van der Waals surface area contributed by atoms with Crippen LogP contribution in [0.3, 0.4) is 0 Å². The molecular formula is C32H40ClN5O2. The van der Waals surface area contributed by atoms with Gasteiger partial charge in [0.15, 0.2) is 17.6 Å². The number of nitrogens with one attached hydrogen (secondary N) is 2. The zero-order chi connectivity index (χ0) is 28.3. The topological polar surface area (TPSA) is 84.3 Å². The molecule has 4 aromatic rings. The van der Waals surface area contributed by atoms with E-state index in [-0.39, 0.29) is 11.3 Å². The summed E-state index contributed by atoms with van der Waals surface area (Å²) >= 11 is 6.66. The Kier molecular flexibility index (Phi) is 8.50. The van der Waals surface area contributed by atoms with Crippen molar-refractivity contribution in [3.05, 3.63) is 75.7 Å². The Hall–Kier alpha value is -3.32. The van der Waals surface area contributed by atoms with Crippen LogP contribution in [-0.4, -0.2) is 31.8 Å². The molecule has 8 heteroatoms. The van der Waals surface area contributed by atoms with Crippen LogP contribution in [0.25, 0.3) is 5.65 Å². The van der Waals surface area contributed by atoms with Gasteiger partial charge in [0.1, 0.15) is 10.8 Å². The van der Waals surface area contributed by atoms with Gasteiger partial charge < -0.3 is 10.1 Å². The van der Waals surface area contributed by atoms with E-state index in [9.17, 15) is 4.79 Å². The average Bonchev–Trinajstić information content (AvgIpc) is 3.54. The maximum atomic E-state index is 13.1. The van der Waals surface area contributed by atoms with Crippen molar-refractivity contribution in [1.29, 1.82) is 0 Å². The summed E-state index contributed by atoms with van der Waals surface area (Å²) in [6.07, 6.45) is 8.08. The number of carbonyl (C=O) groups is 1. The first kappa shape index (κ1) is 28.2. The molecule has 2 aromatic carbocycles. The lowest BCUT2D eigenvalue weighted by Gasteiger charge is -2.20. The smallest absolute Gasteiger partial charge is 0.265 e. The summed E-state index contributed by atoms with van der Waals surface area (Å²) in [5.41, 5.74) is 6.19. The third-order valence-corrected chi connectivity index (χ3v) is 8.50. The molecule has 1 atom stereocenters. The molecule has 2 aromatic heterocycles. The lowest BCUT2D eigenvalue weighted by molar-refractivity contribution is -0.123. The van der Waals surface area contributed by atoms with Crippen LogP contribution in [-0.2, 0) is 23.1 Å². The number of halogens is 1. The molecule has 1 fully saturated rings. The van der Waals surface area contributed by atoms with Crippen molar-refractivity contribution in [2.24, 2.45) is 0 Å². The van der Waals surface area contributed by atoms with Crippen molar-refractivity contribution in [2.45, 2.75) is 97.0 Å². The van der Waals surface area contributed by atoms with E-state index >= 15 is 0 Å². The lowest BCUT2D eigenvalue weighted by atomic mass is 10.00. The molecule has 0 spiro atoms. The summed E-state index contributed by atoms with van der Waals surface area (Å²) in [7, 11) is 0. The number of anilines is 1. The third-order valence-electron chi connectivity index (χ3n) is 8.14. The number of rotatable bonds is 13. The first-order valence-electron chi connectivity index (χ1n) is 14.6. The van der Waals surface area contributed by atoms with Gasteiger partial charge in [0, 0.05) is 17.5 Å². The zero-order valence-electron chi connectivity index (χ0n) is 24.0. The summed E-state index contributed by atoms with van der Waals surface area (Å²) in [4.78, 5) is 17.8. The van der Waals surface area contributed by atoms with E-state index in [0.29, 0.717) is 11.4 Å². The van der Waals surface area contributed by atoms with Crippen LogP contribution >= 0.6 is 11.6 Å². The molecule has 1 aliphatic carbocycles. The van der Waals surface area contributed by atoms with Gasteiger partial charge in [-0.3, -0.25) is 9.89 Å². The number of hydrogen-bond acceptors (Lipinski definition) is 4. The monoisotopic (exact) mass is 561 g/mol. The second-order valence-electron chi connectivity index (χ2n) is 11.3. The molecule has 40 heavy (non-hydrogen) atoms. The highest BCUT2D eigenvalue weighted by Crippen LogP contribution is 2.52. The fourth-order valence-electron chi connectivity index (χ4n) is 5.38. The van der Waals surface area contributed by atoms with Crippen LogP contribution in [0.4, 0.5) is 5.69 Å². The predicted molar refractivity (Wildman–Crippen MR) is 161 cm³/mol. The molecule has 7 nitrogen and oxygen atoms in total. The molecular weight excluding hydrogens is 522 g/mol. The third kappa shape index (κ3) is 6.20. The first-order chi connectivity index (χ1) is 19.3. The molecule has 2 N–H and O–H groups in total. The number of H-pyrrole nitrogens is 1. The number of fused-ring (bicyclic) bond motifs is 1. The molecule has 1 saturated carbocycles. The Balaban J connectivity index is 1.14. The Morgan fingerprint density at radius 1 is 1.12 bits per heavy atom. The SMILES string of the molecule is CCCCC(Oc1ccc(C)cc1C)C(=O)Nc1ccc(CCCc2nc3c(Cl)c(C4(CC)CC4)[nH]n3n2)cc1. The molecule has 2 heterocycles. The molecule has 212 valence electrons. The van der Waals surface area contributed by atoms with Crippen LogP contribution in [0.15, 0.2) is 42.5 Å². The van der Waals surface area contributed by atoms with E-state index in [4.69, 9.17) is 21.3 Å². The van der Waals surface area contributed by atoms with Crippen LogP contribution in [0.5, 0.6) is 5.75 Å². The zero-order valence-corrected chi connectivity index (χ0v) is 24.8. The van der Waals surface area contributed by atoms with E-state index in [1.165, 1.54) is 24.0 Å². The van der Waals surface area contributed by atoms with Gasteiger partial charge in [0.2, 0.25) is 0 Å². The lowest BCUT2D eigenvalue weighted by Crippen LogP contribution is -2.33. The summed E-state index contributed by atoms with van der Waals surface area (Å²) in [5, 5.41) is 11.8. The van der Waals surface area contributed by atoms with Gasteiger partial charge in [-0.05, 0) is 88.1 Å². The van der Waals surface area contributed by atoms with Gasteiger partial charge in [-0.15, -0.1) is 5.10 Å². The van der Waals surface area contributed by atoms with Crippen LogP contribution < -0.4 is 10.1 Å². The van der Waals surface area contributed by atoms with Gasteiger partial charge in [0.25, 0.3) is 5.91 Å². The fraction of sp³-hybridized carbons (Fsp3) is 0.469. The van der Waals surface area contributed by atoms with Crippen molar-refractivity contribution in [2.75, 3.05) is 5.32 Å². The number of aryl methyl sites for hydroxylation is 4. The van der Waals surface area contributed by atoms with Crippen molar-refractivity contribution in [1.82, 2.24) is 19.8 Å². The molecule has 1 aliphatic rings. The first-order valence-corrected chi connectivity index (χ1v) is 15.0. The molecule has 0 radical (unpaired) electrons. The Labute approximate surface area is 241 Å². The number of ether oxygens (including phenoxy) is 1. The van der Waals surface area contributed by atoms with E-state index in [0.717, 1.165) is 72.7 Å². The minimum atomic E-state index is -0.532. The predicted octanol–water partition coefficient (Wildman–Crippen LogP) is 7.52. The number of unbranched alkanes of at least 4 members (excludes halogenated alkanes) is 1. The Bertz CT molecular complexity index is 1470. The Morgan fingerprint density at radius 2 is 1.90 bits per heavy atom. The van der Waals surface area contributed by atoms with Crippen molar-refractivity contribution >= 4 is 28.8 Å². The van der Waals surface area contributed by atoms with Gasteiger partial charge in [-0.2, -0.15) is 4.63 Å². The summed E-state index contributed by atoms with van der Waals surface area (Å²) in [6, 6.07) is 14.1. The summed E-state index contributed by atoms with van der Waals surface area (Å²) < 4.78 is 7.91. The second-order valence-corrected chi connectivity index (χ2v) is 11.6. The minimum Gasteiger partial charge on any atom is -0.480 e. The maximum Gasteiger partial charge on any atom is 0.265 e. The fourth-order valence-corrected chi connectivity index (χ4v) is 5.74. The van der Waals surface area contributed by atoms with Crippen molar-refractivity contribution in [3.63, 3.8) is 0 Å². The van der Waals surface area contributed by atoms with Gasteiger partial charge >= 0.3 is 0 Å². The summed E-state index contributed by atoms with van der Waals surface area (Å²) in [5.74, 6) is 1.44. The quantitative estimate of drug-likeness (QED) is 0.177. The van der Waals surface area contributed by atoms with Gasteiger partial charge in [-0.1, -0.05) is 61.7 Å². The number of carbonyl (C=O) groups excluding carboxylic acids is 1. The van der Waals surface area contributed by atoms with E-state index < -0.39 is 6.10 Å². The standard InChI is InChI=1S/C32H40ClN5O2/c1-5-7-10-26(40-25-17-12-21(3)20-22(25)4)31(39)34-24-15-13-23(14-16-24)9-8-11-27-35-30-28(33)29(37-38(30)36-27)32(6-2)18-19-32/h12-17,20,26,37H,5-11,18-19H2,1-4H3,(H,34,39). The van der Waals surface area contributed by atoms with Crippen LogP contribution in [0.2, 0.25) is 5.02 Å². The van der Waals surface area contributed by atoms with Crippen molar-refractivity contribution < 1.29 is 9.53 Å². The number of benzene rings is 2. The normalized spacial score (nSPS) is 14.8. The molecule has 0 saturated heterocycles. The highest BCUT2D eigenvalue weighted by Gasteiger charge is 2.46. The molecule has 1 unspecified atom stereocenters. The minimum absolute atomic E-state index is 0.115. The number of amides is 1. The largest absolute Gasteiger partial charge is 0.480 e.